The molecule has 1 rings (SSSR count). The number of benzene rings is 1. The Balaban J connectivity index is 2.94. The fourth-order valence-corrected chi connectivity index (χ4v) is 1.38. The van der Waals surface area contributed by atoms with Crippen LogP contribution in [-0.2, 0) is 4.79 Å². The summed E-state index contributed by atoms with van der Waals surface area (Å²) in [5, 5.41) is 0. The molecule has 0 aliphatic carbocycles. The number of alkyl halides is 5. The van der Waals surface area contributed by atoms with Crippen molar-refractivity contribution in [3.05, 3.63) is 30.1 Å². The lowest BCUT2D eigenvalue weighted by molar-refractivity contribution is -0.152. The quantitative estimate of drug-likeness (QED) is 0.777. The largest absolute Gasteiger partial charge is 0.397 e. The van der Waals surface area contributed by atoms with Crippen molar-refractivity contribution >= 4 is 11.6 Å². The molecule has 1 aromatic rings. The first kappa shape index (κ1) is 15.3. The van der Waals surface area contributed by atoms with Crippen LogP contribution < -0.4 is 4.90 Å². The average Bonchev–Trinajstić information content (AvgIpc) is 2.24. The van der Waals surface area contributed by atoms with E-state index in [1.807, 2.05) is 0 Å². The standard InChI is InChI=1S/C11H9F6NO/c12-7-1-3-8(4-2-7)18(6-9(13)14)10(19)5-11(15,16)17/h1-4,9H,5-6H2. The van der Waals surface area contributed by atoms with Crippen molar-refractivity contribution in [2.75, 3.05) is 11.4 Å². The highest BCUT2D eigenvalue weighted by molar-refractivity contribution is 5.93. The van der Waals surface area contributed by atoms with Gasteiger partial charge in [0.2, 0.25) is 5.91 Å². The van der Waals surface area contributed by atoms with Crippen LogP contribution in [0.4, 0.5) is 32.0 Å². The van der Waals surface area contributed by atoms with Gasteiger partial charge in [-0.2, -0.15) is 13.2 Å². The number of carbonyl (C=O) groups is 1. The molecule has 8 heteroatoms. The Morgan fingerprint density at radius 1 is 1.16 bits per heavy atom. The highest BCUT2D eigenvalue weighted by atomic mass is 19.4. The minimum atomic E-state index is -4.79. The SMILES string of the molecule is O=C(CC(F)(F)F)N(CC(F)F)c1ccc(F)cc1. The van der Waals surface area contributed by atoms with Crippen molar-refractivity contribution in [3.8, 4) is 0 Å². The molecule has 0 heterocycles. The molecule has 0 unspecified atom stereocenters. The van der Waals surface area contributed by atoms with Crippen LogP contribution in [0.2, 0.25) is 0 Å². The molecule has 106 valence electrons. The van der Waals surface area contributed by atoms with Crippen LogP contribution in [0.3, 0.4) is 0 Å². The maximum Gasteiger partial charge on any atom is 0.397 e. The van der Waals surface area contributed by atoms with Gasteiger partial charge in [0.25, 0.3) is 6.43 Å². The van der Waals surface area contributed by atoms with Crippen LogP contribution in [0.5, 0.6) is 0 Å². The highest BCUT2D eigenvalue weighted by Gasteiger charge is 2.34. The molecule has 0 N–H and O–H groups in total. The summed E-state index contributed by atoms with van der Waals surface area (Å²) in [7, 11) is 0. The predicted octanol–water partition coefficient (Wildman–Crippen LogP) is 3.38. The van der Waals surface area contributed by atoms with E-state index in [9.17, 15) is 31.1 Å². The van der Waals surface area contributed by atoms with Crippen LogP contribution in [0.25, 0.3) is 0 Å². The number of carbonyl (C=O) groups excluding carboxylic acids is 1. The smallest absolute Gasteiger partial charge is 0.306 e. The molecule has 0 aromatic heterocycles. The van der Waals surface area contributed by atoms with Crippen molar-refractivity contribution in [1.29, 1.82) is 0 Å². The van der Waals surface area contributed by atoms with Crippen molar-refractivity contribution < 1.29 is 31.1 Å². The Labute approximate surface area is 104 Å². The molecule has 0 bridgehead atoms. The van der Waals surface area contributed by atoms with E-state index in [0.717, 1.165) is 24.3 Å². The lowest BCUT2D eigenvalue weighted by Gasteiger charge is -2.23. The van der Waals surface area contributed by atoms with Gasteiger partial charge >= 0.3 is 6.18 Å². The van der Waals surface area contributed by atoms with Gasteiger partial charge in [-0.15, -0.1) is 0 Å². The van der Waals surface area contributed by atoms with Crippen LogP contribution in [0, 0.1) is 5.82 Å². The number of anilines is 1. The molecule has 2 nitrogen and oxygen atoms in total. The molecule has 19 heavy (non-hydrogen) atoms. The van der Waals surface area contributed by atoms with Crippen molar-refractivity contribution in [1.82, 2.24) is 0 Å². The minimum Gasteiger partial charge on any atom is -0.306 e. The van der Waals surface area contributed by atoms with Gasteiger partial charge in [0, 0.05) is 5.69 Å². The molecule has 0 spiro atoms. The van der Waals surface area contributed by atoms with E-state index in [0.29, 0.717) is 0 Å². The topological polar surface area (TPSA) is 20.3 Å². The number of halogens is 6. The summed E-state index contributed by atoms with van der Waals surface area (Å²) in [5.74, 6) is -2.21. The number of amides is 1. The average molecular weight is 285 g/mol. The van der Waals surface area contributed by atoms with Gasteiger partial charge in [-0.1, -0.05) is 0 Å². The summed E-state index contributed by atoms with van der Waals surface area (Å²) in [6.07, 6.45) is -9.64. The normalized spacial score (nSPS) is 11.7. The monoisotopic (exact) mass is 285 g/mol. The van der Waals surface area contributed by atoms with Crippen LogP contribution in [0.15, 0.2) is 24.3 Å². The van der Waals surface area contributed by atoms with E-state index >= 15 is 0 Å². The minimum absolute atomic E-state index is 0.212. The third-order valence-electron chi connectivity index (χ3n) is 2.11. The lowest BCUT2D eigenvalue weighted by atomic mass is 10.2. The zero-order valence-corrected chi connectivity index (χ0v) is 9.42. The first-order valence-electron chi connectivity index (χ1n) is 5.10. The molecule has 0 atom stereocenters. The summed E-state index contributed by atoms with van der Waals surface area (Å²) < 4.78 is 73.5. The summed E-state index contributed by atoms with van der Waals surface area (Å²) in [4.78, 5) is 11.6. The summed E-state index contributed by atoms with van der Waals surface area (Å²) in [6, 6.07) is 3.67. The van der Waals surface area contributed by atoms with Gasteiger partial charge in [0.1, 0.15) is 12.2 Å². The van der Waals surface area contributed by atoms with E-state index in [-0.39, 0.29) is 10.6 Å². The molecule has 0 fully saturated rings. The fraction of sp³-hybridized carbons (Fsp3) is 0.364. The molecular formula is C11H9F6NO. The zero-order chi connectivity index (χ0) is 14.6. The zero-order valence-electron chi connectivity index (χ0n) is 9.42. The van der Waals surface area contributed by atoms with Crippen molar-refractivity contribution in [2.24, 2.45) is 0 Å². The number of rotatable bonds is 4. The van der Waals surface area contributed by atoms with Crippen molar-refractivity contribution in [2.45, 2.75) is 19.0 Å². The Morgan fingerprint density at radius 2 is 1.68 bits per heavy atom. The number of hydrogen-bond donors (Lipinski definition) is 0. The van der Waals surface area contributed by atoms with Crippen molar-refractivity contribution in [3.63, 3.8) is 0 Å². The fourth-order valence-electron chi connectivity index (χ4n) is 1.38. The van der Waals surface area contributed by atoms with Crippen LogP contribution in [0.1, 0.15) is 6.42 Å². The molecule has 1 amide bonds. The molecule has 0 radical (unpaired) electrons. The Morgan fingerprint density at radius 3 is 2.11 bits per heavy atom. The second kappa shape index (κ2) is 5.94. The third kappa shape index (κ3) is 5.19. The van der Waals surface area contributed by atoms with E-state index in [1.165, 1.54) is 0 Å². The Kier molecular flexibility index (Phi) is 4.79. The van der Waals surface area contributed by atoms with Gasteiger partial charge in [0.15, 0.2) is 0 Å². The molecule has 0 saturated heterocycles. The molecular weight excluding hydrogens is 276 g/mol. The van der Waals surface area contributed by atoms with Gasteiger partial charge in [-0.05, 0) is 24.3 Å². The summed E-state index contributed by atoms with van der Waals surface area (Å²) >= 11 is 0. The number of nitrogens with zero attached hydrogens (tertiary/aromatic N) is 1. The third-order valence-corrected chi connectivity index (χ3v) is 2.11. The van der Waals surface area contributed by atoms with E-state index in [1.54, 1.807) is 0 Å². The first-order chi connectivity index (χ1) is 8.69. The van der Waals surface area contributed by atoms with Gasteiger partial charge in [-0.3, -0.25) is 4.79 Å². The Hall–Kier alpha value is -1.73. The van der Waals surface area contributed by atoms with Crippen LogP contribution >= 0.6 is 0 Å². The van der Waals surface area contributed by atoms with Gasteiger partial charge in [-0.25, -0.2) is 13.2 Å². The Bertz CT molecular complexity index is 428. The molecule has 1 aromatic carbocycles. The van der Waals surface area contributed by atoms with E-state index < -0.39 is 37.3 Å². The number of hydrogen-bond acceptors (Lipinski definition) is 1. The molecule has 0 aliphatic rings. The summed E-state index contributed by atoms with van der Waals surface area (Å²) in [6.45, 7) is -1.18. The van der Waals surface area contributed by atoms with Crippen LogP contribution in [-0.4, -0.2) is 25.1 Å². The maximum atomic E-state index is 12.7. The lowest BCUT2D eigenvalue weighted by Crippen LogP contribution is -2.37. The highest BCUT2D eigenvalue weighted by Crippen LogP contribution is 2.24. The second-order valence-electron chi connectivity index (χ2n) is 3.66. The van der Waals surface area contributed by atoms with Gasteiger partial charge < -0.3 is 4.90 Å². The molecule has 0 saturated carbocycles. The summed E-state index contributed by atoms with van der Waals surface area (Å²) in [5.41, 5.74) is -0.212. The second-order valence-corrected chi connectivity index (χ2v) is 3.66. The first-order valence-corrected chi connectivity index (χ1v) is 5.10. The van der Waals surface area contributed by atoms with Gasteiger partial charge in [0.05, 0.1) is 6.54 Å². The van der Waals surface area contributed by atoms with E-state index in [2.05, 4.69) is 0 Å². The predicted molar refractivity (Wildman–Crippen MR) is 55.4 cm³/mol. The maximum absolute atomic E-state index is 12.7. The van der Waals surface area contributed by atoms with E-state index in [4.69, 9.17) is 0 Å². The molecule has 0 aliphatic heterocycles.